The van der Waals surface area contributed by atoms with Crippen LogP contribution in [0.1, 0.15) is 43.6 Å². The Balaban J connectivity index is 2.04. The Labute approximate surface area is 114 Å². The Bertz CT molecular complexity index is 450. The third-order valence-electron chi connectivity index (χ3n) is 3.68. The van der Waals surface area contributed by atoms with Crippen molar-refractivity contribution in [1.29, 1.82) is 5.26 Å². The molecule has 1 aromatic rings. The van der Waals surface area contributed by atoms with Crippen LogP contribution in [0.2, 0.25) is 0 Å². The van der Waals surface area contributed by atoms with E-state index in [0.717, 1.165) is 31.4 Å². The molecule has 19 heavy (non-hydrogen) atoms. The molecule has 0 aromatic heterocycles. The number of amides is 1. The number of carbonyl (C=O) groups excluding carboxylic acids is 1. The van der Waals surface area contributed by atoms with Gasteiger partial charge in [-0.15, -0.1) is 0 Å². The molecule has 0 spiro atoms. The van der Waals surface area contributed by atoms with Crippen molar-refractivity contribution in [1.82, 2.24) is 4.90 Å². The third-order valence-corrected chi connectivity index (χ3v) is 3.68. The van der Waals surface area contributed by atoms with Gasteiger partial charge in [0.2, 0.25) is 5.91 Å². The maximum Gasteiger partial charge on any atom is 0.222 e. The Morgan fingerprint density at radius 2 is 1.89 bits per heavy atom. The molecule has 0 saturated carbocycles. The van der Waals surface area contributed by atoms with Crippen LogP contribution in [-0.4, -0.2) is 23.9 Å². The van der Waals surface area contributed by atoms with Gasteiger partial charge >= 0.3 is 0 Å². The summed E-state index contributed by atoms with van der Waals surface area (Å²) in [5, 5.41) is 9.33. The molecule has 1 aliphatic rings. The van der Waals surface area contributed by atoms with Gasteiger partial charge in [-0.1, -0.05) is 43.2 Å². The van der Waals surface area contributed by atoms with Gasteiger partial charge in [0.25, 0.3) is 0 Å². The highest BCUT2D eigenvalue weighted by molar-refractivity contribution is 5.76. The predicted molar refractivity (Wildman–Crippen MR) is 74.5 cm³/mol. The molecule has 3 nitrogen and oxygen atoms in total. The van der Waals surface area contributed by atoms with Crippen LogP contribution in [0.25, 0.3) is 0 Å². The van der Waals surface area contributed by atoms with E-state index in [2.05, 4.69) is 6.07 Å². The maximum absolute atomic E-state index is 12.1. The molecule has 3 heteroatoms. The summed E-state index contributed by atoms with van der Waals surface area (Å²) in [6.07, 6.45) is 5.01. The molecule has 0 aliphatic carbocycles. The van der Waals surface area contributed by atoms with E-state index in [1.165, 1.54) is 6.42 Å². The van der Waals surface area contributed by atoms with Gasteiger partial charge < -0.3 is 4.90 Å². The number of nitrogens with zero attached hydrogens (tertiary/aromatic N) is 2. The second kappa shape index (κ2) is 6.94. The minimum atomic E-state index is -0.218. The number of carbonyl (C=O) groups is 1. The lowest BCUT2D eigenvalue weighted by atomic mass is 9.99. The molecule has 0 bridgehead atoms. The van der Waals surface area contributed by atoms with Crippen LogP contribution < -0.4 is 0 Å². The molecular formula is C16H20N2O. The molecule has 1 aliphatic heterocycles. The lowest BCUT2D eigenvalue weighted by Crippen LogP contribution is -2.36. The Kier molecular flexibility index (Phi) is 4.97. The first-order valence-corrected chi connectivity index (χ1v) is 7.03. The molecule has 1 amide bonds. The Hall–Kier alpha value is -1.82. The van der Waals surface area contributed by atoms with Crippen LogP contribution in [-0.2, 0) is 4.79 Å². The zero-order chi connectivity index (χ0) is 13.5. The molecule has 1 unspecified atom stereocenters. The van der Waals surface area contributed by atoms with E-state index in [1.807, 2.05) is 35.2 Å². The van der Waals surface area contributed by atoms with E-state index < -0.39 is 0 Å². The molecule has 0 N–H and O–H groups in total. The zero-order valence-corrected chi connectivity index (χ0v) is 11.2. The number of hydrogen-bond donors (Lipinski definition) is 0. The summed E-state index contributed by atoms with van der Waals surface area (Å²) in [5.41, 5.74) is 1.000. The zero-order valence-electron chi connectivity index (χ0n) is 11.2. The van der Waals surface area contributed by atoms with Gasteiger partial charge in [0.1, 0.15) is 0 Å². The van der Waals surface area contributed by atoms with Crippen molar-refractivity contribution in [2.75, 3.05) is 13.1 Å². The van der Waals surface area contributed by atoms with Gasteiger partial charge in [0.05, 0.1) is 12.0 Å². The maximum atomic E-state index is 12.1. The van der Waals surface area contributed by atoms with Gasteiger partial charge in [0.15, 0.2) is 0 Å². The van der Waals surface area contributed by atoms with Crippen LogP contribution in [0.4, 0.5) is 0 Å². The highest BCUT2D eigenvalue weighted by Gasteiger charge is 2.20. The van der Waals surface area contributed by atoms with Gasteiger partial charge in [-0.05, 0) is 18.4 Å². The van der Waals surface area contributed by atoms with Gasteiger partial charge in [-0.3, -0.25) is 4.79 Å². The Morgan fingerprint density at radius 1 is 1.16 bits per heavy atom. The summed E-state index contributed by atoms with van der Waals surface area (Å²) in [7, 11) is 0. The van der Waals surface area contributed by atoms with Gasteiger partial charge in [-0.25, -0.2) is 0 Å². The fourth-order valence-corrected chi connectivity index (χ4v) is 2.53. The monoisotopic (exact) mass is 256 g/mol. The van der Waals surface area contributed by atoms with Crippen LogP contribution in [0.3, 0.4) is 0 Å². The van der Waals surface area contributed by atoms with Gasteiger partial charge in [0, 0.05) is 19.5 Å². The van der Waals surface area contributed by atoms with E-state index in [-0.39, 0.29) is 11.8 Å². The first kappa shape index (κ1) is 13.6. The lowest BCUT2D eigenvalue weighted by molar-refractivity contribution is -0.131. The van der Waals surface area contributed by atoms with Crippen LogP contribution >= 0.6 is 0 Å². The minimum Gasteiger partial charge on any atom is -0.341 e. The highest BCUT2D eigenvalue weighted by Crippen LogP contribution is 2.19. The fourth-order valence-electron chi connectivity index (χ4n) is 2.53. The normalized spacial score (nSPS) is 18.3. The quantitative estimate of drug-likeness (QED) is 0.834. The van der Waals surface area contributed by atoms with Gasteiger partial charge in [-0.2, -0.15) is 5.26 Å². The largest absolute Gasteiger partial charge is 0.341 e. The first-order valence-electron chi connectivity index (χ1n) is 7.03. The smallest absolute Gasteiger partial charge is 0.222 e. The Morgan fingerprint density at radius 3 is 2.63 bits per heavy atom. The molecule has 1 atom stereocenters. The average Bonchev–Trinajstić information content (AvgIpc) is 2.44. The molecule has 2 rings (SSSR count). The lowest BCUT2D eigenvalue weighted by Gasteiger charge is -2.26. The first-order chi connectivity index (χ1) is 9.31. The van der Waals surface area contributed by atoms with E-state index >= 15 is 0 Å². The molecule has 0 radical (unpaired) electrons. The topological polar surface area (TPSA) is 44.1 Å². The summed E-state index contributed by atoms with van der Waals surface area (Å²) < 4.78 is 0. The number of nitriles is 1. The van der Waals surface area contributed by atoms with Crippen molar-refractivity contribution in [2.24, 2.45) is 0 Å². The molecule has 1 heterocycles. The van der Waals surface area contributed by atoms with E-state index in [9.17, 15) is 10.1 Å². The molecule has 1 aromatic carbocycles. The van der Waals surface area contributed by atoms with Crippen LogP contribution in [0.5, 0.6) is 0 Å². The number of hydrogen-bond acceptors (Lipinski definition) is 2. The fraction of sp³-hybridized carbons (Fsp3) is 0.500. The second-order valence-electron chi connectivity index (χ2n) is 5.10. The molecule has 1 saturated heterocycles. The van der Waals surface area contributed by atoms with E-state index in [0.29, 0.717) is 13.0 Å². The van der Waals surface area contributed by atoms with Crippen molar-refractivity contribution in [2.45, 2.75) is 38.0 Å². The standard InChI is InChI=1S/C16H20N2O/c17-12-15(14-8-4-3-5-9-14)13-18-11-7-2-1-6-10-16(18)19/h3-5,8-9,15H,1-2,6-7,10-11,13H2. The van der Waals surface area contributed by atoms with Crippen molar-refractivity contribution in [3.63, 3.8) is 0 Å². The molecule has 100 valence electrons. The summed E-state index contributed by atoms with van der Waals surface area (Å²) in [6, 6.07) is 12.1. The third kappa shape index (κ3) is 3.82. The summed E-state index contributed by atoms with van der Waals surface area (Å²) >= 11 is 0. The van der Waals surface area contributed by atoms with Crippen molar-refractivity contribution >= 4 is 5.91 Å². The van der Waals surface area contributed by atoms with Crippen molar-refractivity contribution in [3.8, 4) is 6.07 Å². The van der Waals surface area contributed by atoms with E-state index in [1.54, 1.807) is 0 Å². The average molecular weight is 256 g/mol. The number of benzene rings is 1. The van der Waals surface area contributed by atoms with Crippen molar-refractivity contribution in [3.05, 3.63) is 35.9 Å². The SMILES string of the molecule is N#CC(CN1CCCCCCC1=O)c1ccccc1. The highest BCUT2D eigenvalue weighted by atomic mass is 16.2. The summed E-state index contributed by atoms with van der Waals surface area (Å²) in [6.45, 7) is 1.32. The van der Waals surface area contributed by atoms with Crippen molar-refractivity contribution < 1.29 is 4.79 Å². The predicted octanol–water partition coefficient (Wildman–Crippen LogP) is 3.09. The summed E-state index contributed by atoms with van der Waals surface area (Å²) in [4.78, 5) is 13.9. The summed E-state index contributed by atoms with van der Waals surface area (Å²) in [5.74, 6) is -0.0135. The second-order valence-corrected chi connectivity index (χ2v) is 5.10. The number of likely N-dealkylation sites (tertiary alicyclic amines) is 1. The molecular weight excluding hydrogens is 236 g/mol. The minimum absolute atomic E-state index is 0.205. The van der Waals surface area contributed by atoms with Crippen LogP contribution in [0, 0.1) is 11.3 Å². The van der Waals surface area contributed by atoms with Crippen LogP contribution in [0.15, 0.2) is 30.3 Å². The number of rotatable bonds is 3. The van der Waals surface area contributed by atoms with E-state index in [4.69, 9.17) is 0 Å². The molecule has 1 fully saturated rings.